The summed E-state index contributed by atoms with van der Waals surface area (Å²) >= 11 is 0. The number of aryl methyl sites for hydroxylation is 2. The van der Waals surface area contributed by atoms with Gasteiger partial charge in [0.05, 0.1) is 11.1 Å². The lowest BCUT2D eigenvalue weighted by Crippen LogP contribution is -1.83. The van der Waals surface area contributed by atoms with E-state index in [1.807, 2.05) is 37.3 Å². The molecule has 0 bridgehead atoms. The van der Waals surface area contributed by atoms with E-state index in [1.165, 1.54) is 5.56 Å². The van der Waals surface area contributed by atoms with E-state index in [0.717, 1.165) is 33.3 Å². The number of pyridine rings is 2. The Kier molecular flexibility index (Phi) is 2.54. The smallest absolute Gasteiger partial charge is 0.227 e. The molecule has 0 aliphatic rings. The molecule has 0 aliphatic heterocycles. The highest BCUT2D eigenvalue weighted by Crippen LogP contribution is 2.35. The fourth-order valence-corrected chi connectivity index (χ4v) is 2.87. The first-order chi connectivity index (χ1) is 10.2. The fraction of sp³-hybridized carbons (Fsp3) is 0.111. The average molecular weight is 274 g/mol. The van der Waals surface area contributed by atoms with Gasteiger partial charge in [-0.2, -0.15) is 0 Å². The number of fused-ring (bicyclic) bond motifs is 3. The summed E-state index contributed by atoms with van der Waals surface area (Å²) in [6.07, 6.45) is 1.80. The predicted molar refractivity (Wildman–Crippen MR) is 84.2 cm³/mol. The first kappa shape index (κ1) is 12.1. The number of para-hydroxylation sites is 1. The van der Waals surface area contributed by atoms with Crippen molar-refractivity contribution in [2.45, 2.75) is 13.8 Å². The Hall–Kier alpha value is -2.68. The van der Waals surface area contributed by atoms with Crippen LogP contribution in [0.15, 0.2) is 53.1 Å². The summed E-state index contributed by atoms with van der Waals surface area (Å²) in [5.74, 6) is 0. The van der Waals surface area contributed by atoms with Gasteiger partial charge in [-0.05, 0) is 43.7 Å². The SMILES string of the molecule is Cc1cc(C)c2c(n1)oc1c(-c3ccccn3)cccc12. The summed E-state index contributed by atoms with van der Waals surface area (Å²) in [6, 6.07) is 14.1. The zero-order valence-electron chi connectivity index (χ0n) is 11.9. The van der Waals surface area contributed by atoms with Crippen LogP contribution in [0, 0.1) is 13.8 Å². The van der Waals surface area contributed by atoms with Gasteiger partial charge in [0.2, 0.25) is 5.71 Å². The first-order valence-corrected chi connectivity index (χ1v) is 6.95. The van der Waals surface area contributed by atoms with Gasteiger partial charge in [0, 0.05) is 22.8 Å². The molecular formula is C18H14N2O. The standard InChI is InChI=1S/C18H14N2O/c1-11-10-12(2)20-18-16(11)14-7-5-6-13(17(14)21-18)15-8-3-4-9-19-15/h3-10H,1-2H3. The van der Waals surface area contributed by atoms with Crippen molar-refractivity contribution in [1.29, 1.82) is 0 Å². The van der Waals surface area contributed by atoms with Crippen molar-refractivity contribution in [3.8, 4) is 11.3 Å². The van der Waals surface area contributed by atoms with Crippen LogP contribution in [-0.2, 0) is 0 Å². The zero-order chi connectivity index (χ0) is 14.4. The van der Waals surface area contributed by atoms with E-state index in [-0.39, 0.29) is 0 Å². The van der Waals surface area contributed by atoms with Gasteiger partial charge in [-0.1, -0.05) is 18.2 Å². The molecule has 21 heavy (non-hydrogen) atoms. The minimum absolute atomic E-state index is 0.700. The maximum atomic E-state index is 6.05. The Morgan fingerprint density at radius 2 is 1.90 bits per heavy atom. The highest BCUT2D eigenvalue weighted by Gasteiger charge is 2.15. The van der Waals surface area contributed by atoms with Gasteiger partial charge in [-0.25, -0.2) is 4.98 Å². The Morgan fingerprint density at radius 3 is 2.71 bits per heavy atom. The van der Waals surface area contributed by atoms with Crippen molar-refractivity contribution < 1.29 is 4.42 Å². The number of furan rings is 1. The molecule has 0 saturated carbocycles. The highest BCUT2D eigenvalue weighted by atomic mass is 16.3. The van der Waals surface area contributed by atoms with Crippen molar-refractivity contribution in [3.63, 3.8) is 0 Å². The number of hydrogen-bond acceptors (Lipinski definition) is 3. The molecule has 0 fully saturated rings. The van der Waals surface area contributed by atoms with Crippen LogP contribution < -0.4 is 0 Å². The lowest BCUT2D eigenvalue weighted by Gasteiger charge is -2.00. The second kappa shape index (κ2) is 4.42. The van der Waals surface area contributed by atoms with Crippen molar-refractivity contribution in [3.05, 3.63) is 59.9 Å². The third-order valence-corrected chi connectivity index (χ3v) is 3.74. The van der Waals surface area contributed by atoms with Crippen molar-refractivity contribution in [1.82, 2.24) is 9.97 Å². The minimum atomic E-state index is 0.700. The molecule has 3 heterocycles. The minimum Gasteiger partial charge on any atom is -0.437 e. The van der Waals surface area contributed by atoms with E-state index in [9.17, 15) is 0 Å². The van der Waals surface area contributed by atoms with Crippen LogP contribution in [-0.4, -0.2) is 9.97 Å². The summed E-state index contributed by atoms with van der Waals surface area (Å²) in [7, 11) is 0. The van der Waals surface area contributed by atoms with Crippen LogP contribution in [0.2, 0.25) is 0 Å². The van der Waals surface area contributed by atoms with E-state index in [1.54, 1.807) is 6.20 Å². The molecule has 0 saturated heterocycles. The Balaban J connectivity index is 2.14. The van der Waals surface area contributed by atoms with Gasteiger partial charge >= 0.3 is 0 Å². The monoisotopic (exact) mass is 274 g/mol. The van der Waals surface area contributed by atoms with E-state index < -0.39 is 0 Å². The van der Waals surface area contributed by atoms with Gasteiger partial charge in [0.1, 0.15) is 5.58 Å². The molecule has 1 aromatic carbocycles. The topological polar surface area (TPSA) is 38.9 Å². The van der Waals surface area contributed by atoms with E-state index in [4.69, 9.17) is 4.42 Å². The zero-order valence-corrected chi connectivity index (χ0v) is 11.9. The molecule has 3 heteroatoms. The molecule has 0 amide bonds. The molecule has 4 rings (SSSR count). The number of benzene rings is 1. The summed E-state index contributed by atoms with van der Waals surface area (Å²) in [6.45, 7) is 4.08. The molecule has 0 atom stereocenters. The summed E-state index contributed by atoms with van der Waals surface area (Å²) in [5, 5.41) is 2.19. The molecular weight excluding hydrogens is 260 g/mol. The second-order valence-electron chi connectivity index (χ2n) is 5.26. The Labute approximate surface area is 122 Å². The van der Waals surface area contributed by atoms with Gasteiger partial charge < -0.3 is 4.42 Å². The lowest BCUT2D eigenvalue weighted by atomic mass is 10.0. The maximum Gasteiger partial charge on any atom is 0.227 e. The predicted octanol–water partition coefficient (Wildman–Crippen LogP) is 4.66. The van der Waals surface area contributed by atoms with E-state index in [0.29, 0.717) is 5.71 Å². The number of hydrogen-bond donors (Lipinski definition) is 0. The molecule has 102 valence electrons. The largest absolute Gasteiger partial charge is 0.437 e. The molecule has 3 aromatic heterocycles. The van der Waals surface area contributed by atoms with E-state index in [2.05, 4.69) is 29.0 Å². The molecule has 3 nitrogen and oxygen atoms in total. The van der Waals surface area contributed by atoms with Crippen LogP contribution in [0.25, 0.3) is 33.3 Å². The fourth-order valence-electron chi connectivity index (χ4n) is 2.87. The molecule has 0 N–H and O–H groups in total. The highest BCUT2D eigenvalue weighted by molar-refractivity contribution is 6.09. The van der Waals surface area contributed by atoms with Gasteiger partial charge in [0.25, 0.3) is 0 Å². The number of nitrogens with zero attached hydrogens (tertiary/aromatic N) is 2. The van der Waals surface area contributed by atoms with Crippen molar-refractivity contribution in [2.75, 3.05) is 0 Å². The van der Waals surface area contributed by atoms with Crippen molar-refractivity contribution in [2.24, 2.45) is 0 Å². The van der Waals surface area contributed by atoms with Crippen LogP contribution >= 0.6 is 0 Å². The number of aromatic nitrogens is 2. The van der Waals surface area contributed by atoms with Crippen LogP contribution in [0.4, 0.5) is 0 Å². The summed E-state index contributed by atoms with van der Waals surface area (Å²) < 4.78 is 6.05. The third-order valence-electron chi connectivity index (χ3n) is 3.74. The van der Waals surface area contributed by atoms with E-state index >= 15 is 0 Å². The molecule has 4 aromatic rings. The van der Waals surface area contributed by atoms with Gasteiger partial charge in [-0.3, -0.25) is 4.98 Å². The maximum absolute atomic E-state index is 6.05. The quantitative estimate of drug-likeness (QED) is 0.506. The Morgan fingerprint density at radius 1 is 1.00 bits per heavy atom. The Bertz CT molecular complexity index is 955. The molecule has 0 radical (unpaired) electrons. The van der Waals surface area contributed by atoms with Crippen molar-refractivity contribution >= 4 is 22.1 Å². The summed E-state index contributed by atoms with van der Waals surface area (Å²) in [4.78, 5) is 8.95. The summed E-state index contributed by atoms with van der Waals surface area (Å²) in [5.41, 5.74) is 5.63. The lowest BCUT2D eigenvalue weighted by molar-refractivity contribution is 0.653. The molecule has 0 spiro atoms. The second-order valence-corrected chi connectivity index (χ2v) is 5.26. The van der Waals surface area contributed by atoms with Gasteiger partial charge in [0.15, 0.2) is 0 Å². The first-order valence-electron chi connectivity index (χ1n) is 6.95. The average Bonchev–Trinajstić information content (AvgIpc) is 2.86. The normalized spacial score (nSPS) is 11.3. The number of rotatable bonds is 1. The molecule has 0 aliphatic carbocycles. The molecule has 0 unspecified atom stereocenters. The van der Waals surface area contributed by atoms with Crippen LogP contribution in [0.1, 0.15) is 11.3 Å². The van der Waals surface area contributed by atoms with Gasteiger partial charge in [-0.15, -0.1) is 0 Å². The van der Waals surface area contributed by atoms with Crippen LogP contribution in [0.3, 0.4) is 0 Å². The third kappa shape index (κ3) is 1.82. The van der Waals surface area contributed by atoms with Crippen LogP contribution in [0.5, 0.6) is 0 Å².